The molecule has 1 saturated carbocycles. The highest BCUT2D eigenvalue weighted by atomic mass is 35.5. The van der Waals surface area contributed by atoms with Crippen LogP contribution in [-0.4, -0.2) is 48.4 Å². The maximum atomic E-state index is 12.4. The van der Waals surface area contributed by atoms with Crippen LogP contribution in [0.1, 0.15) is 31.2 Å². The summed E-state index contributed by atoms with van der Waals surface area (Å²) in [4.78, 5) is 17.0. The maximum absolute atomic E-state index is 12.4. The molecule has 0 spiro atoms. The molecule has 1 heterocycles. The zero-order valence-electron chi connectivity index (χ0n) is 13.1. The predicted molar refractivity (Wildman–Crippen MR) is 90.1 cm³/mol. The van der Waals surface area contributed by atoms with Gasteiger partial charge in [-0.25, -0.2) is 0 Å². The molecule has 22 heavy (non-hydrogen) atoms. The van der Waals surface area contributed by atoms with Crippen LogP contribution in [0, 0.1) is 5.92 Å². The molecule has 0 radical (unpaired) electrons. The molecule has 0 unspecified atom stereocenters. The van der Waals surface area contributed by atoms with E-state index in [9.17, 15) is 4.79 Å². The van der Waals surface area contributed by atoms with Crippen LogP contribution in [0.2, 0.25) is 5.02 Å². The summed E-state index contributed by atoms with van der Waals surface area (Å²) in [6.07, 6.45) is 5.70. The van der Waals surface area contributed by atoms with E-state index in [1.54, 1.807) is 0 Å². The number of carbonyl (C=O) groups is 1. The normalized spacial score (nSPS) is 20.5. The van der Waals surface area contributed by atoms with Crippen LogP contribution >= 0.6 is 11.6 Å². The summed E-state index contributed by atoms with van der Waals surface area (Å²) in [5.74, 6) is 0.727. The fraction of sp³-hybridized carbons (Fsp3) is 0.611. The van der Waals surface area contributed by atoms with Crippen molar-refractivity contribution in [3.05, 3.63) is 34.9 Å². The lowest BCUT2D eigenvalue weighted by atomic mass is 10.1. The fourth-order valence-electron chi connectivity index (χ4n) is 3.60. The topological polar surface area (TPSA) is 23.6 Å². The van der Waals surface area contributed by atoms with Gasteiger partial charge in [-0.15, -0.1) is 0 Å². The zero-order chi connectivity index (χ0) is 15.4. The summed E-state index contributed by atoms with van der Waals surface area (Å²) in [6, 6.07) is 8.10. The first-order chi connectivity index (χ1) is 10.7. The van der Waals surface area contributed by atoms with Crippen molar-refractivity contribution in [2.75, 3.05) is 32.7 Å². The van der Waals surface area contributed by atoms with E-state index < -0.39 is 0 Å². The smallest absolute Gasteiger partial charge is 0.225 e. The Kier molecular flexibility index (Phi) is 5.37. The van der Waals surface area contributed by atoms with E-state index in [4.69, 9.17) is 11.6 Å². The molecule has 0 atom stereocenters. The van der Waals surface area contributed by atoms with Gasteiger partial charge in [0.05, 0.1) is 0 Å². The molecule has 0 N–H and O–H groups in total. The summed E-state index contributed by atoms with van der Waals surface area (Å²) in [6.45, 7) is 4.83. The molecule has 1 saturated heterocycles. The van der Waals surface area contributed by atoms with Gasteiger partial charge in [-0.05, 0) is 37.0 Å². The van der Waals surface area contributed by atoms with E-state index in [0.717, 1.165) is 57.0 Å². The number of piperazine rings is 1. The number of carbonyl (C=O) groups excluding carboxylic acids is 1. The number of halogens is 1. The second-order valence-electron chi connectivity index (χ2n) is 6.53. The molecule has 120 valence electrons. The van der Waals surface area contributed by atoms with Gasteiger partial charge >= 0.3 is 0 Å². The van der Waals surface area contributed by atoms with E-state index in [1.165, 1.54) is 18.4 Å². The summed E-state index contributed by atoms with van der Waals surface area (Å²) in [5.41, 5.74) is 1.29. The highest BCUT2D eigenvalue weighted by Crippen LogP contribution is 2.26. The van der Waals surface area contributed by atoms with E-state index in [-0.39, 0.29) is 0 Å². The highest BCUT2D eigenvalue weighted by molar-refractivity contribution is 6.30. The van der Waals surface area contributed by atoms with Gasteiger partial charge in [0.1, 0.15) is 0 Å². The van der Waals surface area contributed by atoms with Crippen molar-refractivity contribution in [3.63, 3.8) is 0 Å². The first-order valence-corrected chi connectivity index (χ1v) is 8.86. The number of benzene rings is 1. The summed E-state index contributed by atoms with van der Waals surface area (Å²) in [7, 11) is 0. The summed E-state index contributed by atoms with van der Waals surface area (Å²) < 4.78 is 0. The first-order valence-electron chi connectivity index (χ1n) is 8.48. The van der Waals surface area contributed by atoms with Crippen LogP contribution in [0.15, 0.2) is 24.3 Å². The fourth-order valence-corrected chi connectivity index (χ4v) is 3.82. The van der Waals surface area contributed by atoms with Gasteiger partial charge in [0.25, 0.3) is 0 Å². The van der Waals surface area contributed by atoms with Gasteiger partial charge in [0.2, 0.25) is 5.91 Å². The van der Waals surface area contributed by atoms with Gasteiger partial charge in [-0.1, -0.05) is 36.6 Å². The Balaban J connectivity index is 1.42. The molecule has 1 aliphatic heterocycles. The monoisotopic (exact) mass is 320 g/mol. The predicted octanol–water partition coefficient (Wildman–Crippen LogP) is 3.22. The second-order valence-corrected chi connectivity index (χ2v) is 6.96. The minimum absolute atomic E-state index is 0.318. The van der Waals surface area contributed by atoms with Crippen molar-refractivity contribution >= 4 is 17.5 Å². The van der Waals surface area contributed by atoms with E-state index in [1.807, 2.05) is 18.2 Å². The molecule has 1 amide bonds. The summed E-state index contributed by atoms with van der Waals surface area (Å²) >= 11 is 6.02. The Labute approximate surface area is 138 Å². The van der Waals surface area contributed by atoms with Crippen molar-refractivity contribution in [1.82, 2.24) is 9.80 Å². The Hall–Kier alpha value is -1.06. The lowest BCUT2D eigenvalue weighted by molar-refractivity contribution is -0.137. The van der Waals surface area contributed by atoms with E-state index in [2.05, 4.69) is 15.9 Å². The second kappa shape index (κ2) is 7.47. The lowest BCUT2D eigenvalue weighted by Gasteiger charge is -2.36. The number of nitrogens with zero attached hydrogens (tertiary/aromatic N) is 2. The van der Waals surface area contributed by atoms with Crippen molar-refractivity contribution < 1.29 is 4.79 Å². The third-order valence-corrected chi connectivity index (χ3v) is 5.23. The lowest BCUT2D eigenvalue weighted by Crippen LogP contribution is -2.50. The quantitative estimate of drug-likeness (QED) is 0.850. The van der Waals surface area contributed by atoms with Crippen LogP contribution in [0.25, 0.3) is 0 Å². The van der Waals surface area contributed by atoms with Gasteiger partial charge in [0.15, 0.2) is 0 Å². The Morgan fingerprint density at radius 2 is 1.86 bits per heavy atom. The van der Waals surface area contributed by atoms with Crippen molar-refractivity contribution in [2.45, 2.75) is 32.1 Å². The van der Waals surface area contributed by atoms with Gasteiger partial charge in [-0.2, -0.15) is 0 Å². The average molecular weight is 321 g/mol. The Bertz CT molecular complexity index is 506. The molecule has 1 aromatic carbocycles. The molecular weight excluding hydrogens is 296 g/mol. The van der Waals surface area contributed by atoms with E-state index in [0.29, 0.717) is 11.8 Å². The molecule has 0 bridgehead atoms. The molecule has 0 aromatic heterocycles. The van der Waals surface area contributed by atoms with Crippen molar-refractivity contribution in [1.29, 1.82) is 0 Å². The Morgan fingerprint density at radius 1 is 1.14 bits per heavy atom. The SMILES string of the molecule is O=C(C1CCCC1)N1CCN(CCc2cccc(Cl)c2)CC1. The molecule has 4 heteroatoms. The molecule has 1 aromatic rings. The third kappa shape index (κ3) is 4.02. The number of amides is 1. The Morgan fingerprint density at radius 3 is 2.55 bits per heavy atom. The van der Waals surface area contributed by atoms with Crippen molar-refractivity contribution in [2.24, 2.45) is 5.92 Å². The molecule has 3 nitrogen and oxygen atoms in total. The standard InChI is InChI=1S/C18H25ClN2O/c19-17-7-3-4-15(14-17)8-9-20-10-12-21(13-11-20)18(22)16-5-1-2-6-16/h3-4,7,14,16H,1-2,5-6,8-13H2. The zero-order valence-corrected chi connectivity index (χ0v) is 13.9. The maximum Gasteiger partial charge on any atom is 0.225 e. The van der Waals surface area contributed by atoms with E-state index >= 15 is 0 Å². The first kappa shape index (κ1) is 15.8. The van der Waals surface area contributed by atoms with Gasteiger partial charge < -0.3 is 4.90 Å². The number of hydrogen-bond acceptors (Lipinski definition) is 2. The van der Waals surface area contributed by atoms with Crippen molar-refractivity contribution in [3.8, 4) is 0 Å². The van der Waals surface area contributed by atoms with Crippen LogP contribution in [-0.2, 0) is 11.2 Å². The average Bonchev–Trinajstić information content (AvgIpc) is 3.07. The van der Waals surface area contributed by atoms with Gasteiger partial charge in [-0.3, -0.25) is 9.69 Å². The van der Waals surface area contributed by atoms with Crippen LogP contribution in [0.5, 0.6) is 0 Å². The molecule has 2 fully saturated rings. The molecule has 2 aliphatic rings. The highest BCUT2D eigenvalue weighted by Gasteiger charge is 2.29. The minimum atomic E-state index is 0.318. The number of hydrogen-bond donors (Lipinski definition) is 0. The van der Waals surface area contributed by atoms with Crippen LogP contribution < -0.4 is 0 Å². The van der Waals surface area contributed by atoms with Crippen LogP contribution in [0.3, 0.4) is 0 Å². The van der Waals surface area contributed by atoms with Gasteiger partial charge in [0, 0.05) is 43.7 Å². The molecule has 1 aliphatic carbocycles. The third-order valence-electron chi connectivity index (χ3n) is 4.99. The van der Waals surface area contributed by atoms with Crippen LogP contribution in [0.4, 0.5) is 0 Å². The molecular formula is C18H25ClN2O. The minimum Gasteiger partial charge on any atom is -0.340 e. The summed E-state index contributed by atoms with van der Waals surface area (Å²) in [5, 5.41) is 0.810. The largest absolute Gasteiger partial charge is 0.340 e. The molecule has 3 rings (SSSR count). The number of rotatable bonds is 4.